The van der Waals surface area contributed by atoms with Gasteiger partial charge in [0.1, 0.15) is 11.4 Å². The molecule has 0 bridgehead atoms. The summed E-state index contributed by atoms with van der Waals surface area (Å²) >= 11 is 6.54. The summed E-state index contributed by atoms with van der Waals surface area (Å²) in [5.41, 5.74) is 5.06. The van der Waals surface area contributed by atoms with Crippen molar-refractivity contribution in [3.05, 3.63) is 64.9 Å². The second kappa shape index (κ2) is 7.33. The number of halogens is 1. The van der Waals surface area contributed by atoms with Crippen LogP contribution in [0, 0.1) is 0 Å². The topological polar surface area (TPSA) is 78.1 Å². The third-order valence-electron chi connectivity index (χ3n) is 5.14. The van der Waals surface area contributed by atoms with Crippen LogP contribution in [0.5, 0.6) is 5.75 Å². The van der Waals surface area contributed by atoms with Crippen LogP contribution in [-0.2, 0) is 0 Å². The number of ether oxygens (including phenoxy) is 1. The van der Waals surface area contributed by atoms with E-state index in [1.807, 2.05) is 36.5 Å². The zero-order valence-corrected chi connectivity index (χ0v) is 17.1. The molecule has 2 aromatic carbocycles. The summed E-state index contributed by atoms with van der Waals surface area (Å²) < 4.78 is 5.24. The van der Waals surface area contributed by atoms with Crippen molar-refractivity contribution in [2.24, 2.45) is 0 Å². The maximum atomic E-state index is 12.2. The van der Waals surface area contributed by atoms with E-state index in [1.165, 1.54) is 0 Å². The first-order valence-corrected chi connectivity index (χ1v) is 9.69. The first kappa shape index (κ1) is 19.2. The summed E-state index contributed by atoms with van der Waals surface area (Å²) in [5, 5.41) is 11.4. The number of aromatic nitrogens is 2. The zero-order valence-electron chi connectivity index (χ0n) is 16.3. The summed E-state index contributed by atoms with van der Waals surface area (Å²) in [4.78, 5) is 18.5. The fraction of sp³-hybridized carbons (Fsp3) is 0.174. The molecule has 0 unspecified atom stereocenters. The summed E-state index contributed by atoms with van der Waals surface area (Å²) in [5.74, 6) is -0.340. The number of H-pyrrole nitrogens is 2. The van der Waals surface area contributed by atoms with Gasteiger partial charge in [0.25, 0.3) is 0 Å². The monoisotopic (exact) mass is 408 g/mol. The van der Waals surface area contributed by atoms with Crippen molar-refractivity contribution in [3.8, 4) is 28.1 Å². The summed E-state index contributed by atoms with van der Waals surface area (Å²) in [6, 6.07) is 13.2. The van der Waals surface area contributed by atoms with Gasteiger partial charge in [-0.15, -0.1) is 0 Å². The van der Waals surface area contributed by atoms with Crippen LogP contribution >= 0.6 is 11.6 Å². The minimum absolute atomic E-state index is 0.0664. The van der Waals surface area contributed by atoms with Gasteiger partial charge in [0.2, 0.25) is 0 Å². The number of carboxylic acids is 1. The number of methoxy groups -OCH3 is 1. The lowest BCUT2D eigenvalue weighted by Crippen LogP contribution is -2.00. The van der Waals surface area contributed by atoms with Gasteiger partial charge >= 0.3 is 5.97 Å². The Morgan fingerprint density at radius 2 is 1.93 bits per heavy atom. The second-order valence-electron chi connectivity index (χ2n) is 7.21. The van der Waals surface area contributed by atoms with Crippen LogP contribution in [-0.4, -0.2) is 28.2 Å². The molecular formula is C23H21ClN2O3. The Morgan fingerprint density at radius 3 is 2.59 bits per heavy atom. The highest BCUT2D eigenvalue weighted by atomic mass is 35.5. The molecule has 4 aromatic rings. The quantitative estimate of drug-likeness (QED) is 0.362. The Hall–Kier alpha value is -3.18. The molecule has 2 aromatic heterocycles. The van der Waals surface area contributed by atoms with Gasteiger partial charge in [-0.05, 0) is 41.8 Å². The van der Waals surface area contributed by atoms with Crippen molar-refractivity contribution >= 4 is 28.5 Å². The van der Waals surface area contributed by atoms with Gasteiger partial charge in [-0.25, -0.2) is 4.79 Å². The van der Waals surface area contributed by atoms with Gasteiger partial charge in [0.05, 0.1) is 17.8 Å². The third-order valence-corrected chi connectivity index (χ3v) is 5.45. The third kappa shape index (κ3) is 3.17. The van der Waals surface area contributed by atoms with Gasteiger partial charge in [-0.2, -0.15) is 0 Å². The zero-order chi connectivity index (χ0) is 20.7. The summed E-state index contributed by atoms with van der Waals surface area (Å²) in [6.07, 6.45) is 1.88. The number of fused-ring (bicyclic) bond motifs is 1. The number of rotatable bonds is 5. The van der Waals surface area contributed by atoms with Gasteiger partial charge in [-0.3, -0.25) is 0 Å². The fourth-order valence-electron chi connectivity index (χ4n) is 3.87. The molecule has 0 aliphatic carbocycles. The molecule has 0 saturated heterocycles. The number of aromatic carboxylic acids is 1. The first-order valence-electron chi connectivity index (χ1n) is 9.32. The predicted molar refractivity (Wildman–Crippen MR) is 116 cm³/mol. The minimum atomic E-state index is -1.03. The molecule has 0 amide bonds. The standard InChI is InChI=1S/C23H21ClN2O3/c1-12(2)19-20(16-8-7-13(29-3)11-17(16)24)22(23(27)28)26-21(19)15-5-4-6-18-14(15)9-10-25-18/h4-12,25-26H,1-3H3,(H,27,28). The highest BCUT2D eigenvalue weighted by Gasteiger charge is 2.27. The van der Waals surface area contributed by atoms with Gasteiger partial charge < -0.3 is 19.8 Å². The van der Waals surface area contributed by atoms with E-state index < -0.39 is 5.97 Å². The van der Waals surface area contributed by atoms with E-state index in [-0.39, 0.29) is 11.6 Å². The summed E-state index contributed by atoms with van der Waals surface area (Å²) in [7, 11) is 1.57. The number of carbonyl (C=O) groups is 1. The number of carboxylic acid groups (broad SMARTS) is 1. The van der Waals surface area contributed by atoms with Crippen LogP contribution in [0.4, 0.5) is 0 Å². The molecule has 4 rings (SSSR count). The second-order valence-corrected chi connectivity index (χ2v) is 7.62. The van der Waals surface area contributed by atoms with Gasteiger partial charge in [0, 0.05) is 33.8 Å². The number of hydrogen-bond donors (Lipinski definition) is 3. The Kier molecular flexibility index (Phi) is 4.84. The van der Waals surface area contributed by atoms with Crippen molar-refractivity contribution in [2.75, 3.05) is 7.11 Å². The molecule has 0 aliphatic rings. The molecule has 148 valence electrons. The molecule has 2 heterocycles. The first-order chi connectivity index (χ1) is 13.9. The number of aromatic amines is 2. The molecule has 0 aliphatic heterocycles. The highest BCUT2D eigenvalue weighted by Crippen LogP contribution is 2.44. The maximum Gasteiger partial charge on any atom is 0.352 e. The normalized spacial score (nSPS) is 11.3. The lowest BCUT2D eigenvalue weighted by atomic mass is 9.90. The number of nitrogens with one attached hydrogen (secondary N) is 2. The Bertz CT molecular complexity index is 1220. The maximum absolute atomic E-state index is 12.2. The van der Waals surface area contributed by atoms with E-state index >= 15 is 0 Å². The Balaban J connectivity index is 2.06. The van der Waals surface area contributed by atoms with E-state index in [4.69, 9.17) is 16.3 Å². The minimum Gasteiger partial charge on any atom is -0.497 e. The fourth-order valence-corrected chi connectivity index (χ4v) is 4.14. The molecular weight excluding hydrogens is 388 g/mol. The average Bonchev–Trinajstić information content (AvgIpc) is 3.32. The van der Waals surface area contributed by atoms with Crippen molar-refractivity contribution in [3.63, 3.8) is 0 Å². The van der Waals surface area contributed by atoms with Crippen molar-refractivity contribution < 1.29 is 14.6 Å². The van der Waals surface area contributed by atoms with E-state index in [9.17, 15) is 9.90 Å². The lowest BCUT2D eigenvalue weighted by molar-refractivity contribution is 0.0692. The largest absolute Gasteiger partial charge is 0.497 e. The molecule has 5 nitrogen and oxygen atoms in total. The highest BCUT2D eigenvalue weighted by molar-refractivity contribution is 6.33. The van der Waals surface area contributed by atoms with E-state index in [2.05, 4.69) is 23.8 Å². The molecule has 0 radical (unpaired) electrons. The Morgan fingerprint density at radius 1 is 1.14 bits per heavy atom. The van der Waals surface area contributed by atoms with Gasteiger partial charge in [-0.1, -0.05) is 37.6 Å². The molecule has 0 fully saturated rings. The van der Waals surface area contributed by atoms with Crippen LogP contribution in [0.2, 0.25) is 5.02 Å². The van der Waals surface area contributed by atoms with Crippen LogP contribution in [0.25, 0.3) is 33.3 Å². The SMILES string of the molecule is COc1ccc(-c2c(C(=O)O)[nH]c(-c3cccc4[nH]ccc34)c2C(C)C)c(Cl)c1. The van der Waals surface area contributed by atoms with E-state index in [0.29, 0.717) is 21.9 Å². The number of benzene rings is 2. The number of hydrogen-bond acceptors (Lipinski definition) is 2. The lowest BCUT2D eigenvalue weighted by Gasteiger charge is -2.14. The van der Waals surface area contributed by atoms with Crippen LogP contribution in [0.15, 0.2) is 48.7 Å². The predicted octanol–water partition coefficient (Wildman–Crippen LogP) is 6.31. The van der Waals surface area contributed by atoms with Gasteiger partial charge in [0.15, 0.2) is 0 Å². The summed E-state index contributed by atoms with van der Waals surface area (Å²) in [6.45, 7) is 4.10. The van der Waals surface area contributed by atoms with E-state index in [1.54, 1.807) is 19.2 Å². The molecule has 6 heteroatoms. The van der Waals surface area contributed by atoms with Crippen molar-refractivity contribution in [2.45, 2.75) is 19.8 Å². The molecule has 0 atom stereocenters. The smallest absolute Gasteiger partial charge is 0.352 e. The average molecular weight is 409 g/mol. The Labute approximate surface area is 173 Å². The van der Waals surface area contributed by atoms with Crippen molar-refractivity contribution in [1.29, 1.82) is 0 Å². The van der Waals surface area contributed by atoms with Crippen LogP contribution < -0.4 is 4.74 Å². The van der Waals surface area contributed by atoms with Crippen LogP contribution in [0.3, 0.4) is 0 Å². The van der Waals surface area contributed by atoms with Crippen LogP contribution in [0.1, 0.15) is 35.8 Å². The molecule has 0 spiro atoms. The van der Waals surface area contributed by atoms with Crippen molar-refractivity contribution in [1.82, 2.24) is 9.97 Å². The molecule has 3 N–H and O–H groups in total. The van der Waals surface area contributed by atoms with E-state index in [0.717, 1.165) is 27.7 Å². The molecule has 29 heavy (non-hydrogen) atoms. The molecule has 0 saturated carbocycles.